The summed E-state index contributed by atoms with van der Waals surface area (Å²) in [6.45, 7) is 0. The lowest BCUT2D eigenvalue weighted by Crippen LogP contribution is -2.27. The molecule has 4 rings (SSSR count). The van der Waals surface area contributed by atoms with Gasteiger partial charge in [0, 0.05) is 22.7 Å². The average Bonchev–Trinajstić information content (AvgIpc) is 2.86. The van der Waals surface area contributed by atoms with Crippen molar-refractivity contribution in [3.8, 4) is 0 Å². The first-order valence-corrected chi connectivity index (χ1v) is 10.7. The van der Waals surface area contributed by atoms with E-state index in [0.29, 0.717) is 16.3 Å². The molecule has 0 aliphatic heterocycles. The molecule has 0 saturated carbocycles. The zero-order valence-electron chi connectivity index (χ0n) is 17.9. The lowest BCUT2D eigenvalue weighted by molar-refractivity contribution is -0.384. The van der Waals surface area contributed by atoms with E-state index in [0.717, 1.165) is 6.07 Å². The molecule has 0 saturated heterocycles. The van der Waals surface area contributed by atoms with Gasteiger partial charge in [-0.25, -0.2) is 5.10 Å². The monoisotopic (exact) mass is 492 g/mol. The van der Waals surface area contributed by atoms with E-state index in [9.17, 15) is 24.5 Å². The van der Waals surface area contributed by atoms with Crippen molar-refractivity contribution in [2.24, 2.45) is 0 Å². The van der Waals surface area contributed by atoms with Crippen molar-refractivity contribution < 1.29 is 19.2 Å². The lowest BCUT2D eigenvalue weighted by Gasteiger charge is -2.18. The zero-order chi connectivity index (χ0) is 24.9. The molecule has 2 N–H and O–H groups in total. The van der Waals surface area contributed by atoms with Crippen LogP contribution in [-0.2, 0) is 20.7 Å². The number of aromatic nitrogens is 2. The number of hydrogen-bond acceptors (Lipinski definition) is 7. The maximum Gasteiger partial charge on any atom is 0.313 e. The fourth-order valence-corrected chi connectivity index (χ4v) is 3.64. The predicted octanol–water partition coefficient (Wildman–Crippen LogP) is 3.95. The second-order valence-electron chi connectivity index (χ2n) is 7.41. The number of carbonyl (C=O) groups is 2. The first-order chi connectivity index (χ1) is 16.8. The number of aromatic amines is 1. The van der Waals surface area contributed by atoms with E-state index in [1.807, 2.05) is 0 Å². The summed E-state index contributed by atoms with van der Waals surface area (Å²) in [6, 6.07) is 18.8. The Morgan fingerprint density at radius 3 is 2.46 bits per heavy atom. The number of halogens is 1. The molecular formula is C24H17ClN4O6. The highest BCUT2D eigenvalue weighted by molar-refractivity contribution is 6.32. The molecule has 0 spiro atoms. The standard InChI is InChI=1S/C24H17ClN4O6/c25-18-11-10-15(12-20(18)29(33)34)26-24(32)22(14-6-2-1-3-7-14)35-21(30)13-19-16-8-4-5-9-17(16)23(31)28-27-19/h1-12,22H,13H2,(H,26,32)(H,28,31). The van der Waals surface area contributed by atoms with Gasteiger partial charge in [0.1, 0.15) is 5.02 Å². The molecule has 1 aromatic heterocycles. The van der Waals surface area contributed by atoms with E-state index < -0.39 is 28.5 Å². The molecule has 0 aliphatic carbocycles. The molecule has 0 bridgehead atoms. The van der Waals surface area contributed by atoms with Crippen LogP contribution in [0.2, 0.25) is 5.02 Å². The summed E-state index contributed by atoms with van der Waals surface area (Å²) >= 11 is 5.83. The van der Waals surface area contributed by atoms with E-state index in [2.05, 4.69) is 15.5 Å². The number of rotatable bonds is 7. The van der Waals surface area contributed by atoms with Crippen LogP contribution < -0.4 is 10.9 Å². The van der Waals surface area contributed by atoms with Crippen LogP contribution >= 0.6 is 11.6 Å². The Hall–Kier alpha value is -4.57. The normalized spacial score (nSPS) is 11.6. The van der Waals surface area contributed by atoms with Crippen LogP contribution in [0.15, 0.2) is 77.6 Å². The number of esters is 1. The van der Waals surface area contributed by atoms with Gasteiger partial charge in [0.2, 0.25) is 6.10 Å². The van der Waals surface area contributed by atoms with Gasteiger partial charge in [-0.3, -0.25) is 24.5 Å². The summed E-state index contributed by atoms with van der Waals surface area (Å²) in [4.78, 5) is 48.4. The largest absolute Gasteiger partial charge is 0.447 e. The minimum absolute atomic E-state index is 0.0836. The predicted molar refractivity (Wildman–Crippen MR) is 128 cm³/mol. The van der Waals surface area contributed by atoms with Crippen molar-refractivity contribution >= 4 is 45.6 Å². The summed E-state index contributed by atoms with van der Waals surface area (Å²) in [5, 5.41) is 20.8. The van der Waals surface area contributed by atoms with E-state index >= 15 is 0 Å². The van der Waals surface area contributed by atoms with Gasteiger partial charge in [-0.1, -0.05) is 60.1 Å². The van der Waals surface area contributed by atoms with Crippen molar-refractivity contribution in [3.63, 3.8) is 0 Å². The fraction of sp³-hybridized carbons (Fsp3) is 0.0833. The summed E-state index contributed by atoms with van der Waals surface area (Å²) in [6.07, 6.45) is -1.66. The maximum absolute atomic E-state index is 13.1. The second-order valence-corrected chi connectivity index (χ2v) is 7.82. The number of nitro benzene ring substituents is 1. The smallest absolute Gasteiger partial charge is 0.313 e. The van der Waals surface area contributed by atoms with Crippen molar-refractivity contribution in [1.82, 2.24) is 10.2 Å². The van der Waals surface area contributed by atoms with Gasteiger partial charge in [-0.15, -0.1) is 0 Å². The molecule has 0 radical (unpaired) electrons. The molecule has 1 atom stereocenters. The second kappa shape index (κ2) is 10.1. The number of anilines is 1. The number of fused-ring (bicyclic) bond motifs is 1. The van der Waals surface area contributed by atoms with Crippen LogP contribution in [0.25, 0.3) is 10.8 Å². The van der Waals surface area contributed by atoms with Crippen LogP contribution in [-0.4, -0.2) is 27.0 Å². The highest BCUT2D eigenvalue weighted by Crippen LogP contribution is 2.28. The molecule has 10 nitrogen and oxygen atoms in total. The molecule has 1 unspecified atom stereocenters. The highest BCUT2D eigenvalue weighted by atomic mass is 35.5. The Morgan fingerprint density at radius 2 is 1.74 bits per heavy atom. The molecule has 3 aromatic carbocycles. The Bertz CT molecular complexity index is 1490. The third kappa shape index (κ3) is 5.33. The molecule has 1 amide bonds. The number of benzene rings is 3. The topological polar surface area (TPSA) is 144 Å². The lowest BCUT2D eigenvalue weighted by atomic mass is 10.1. The van der Waals surface area contributed by atoms with Crippen LogP contribution in [0.3, 0.4) is 0 Å². The number of nitro groups is 1. The Morgan fingerprint density at radius 1 is 1.06 bits per heavy atom. The van der Waals surface area contributed by atoms with Gasteiger partial charge in [-0.2, -0.15) is 5.10 Å². The van der Waals surface area contributed by atoms with E-state index in [1.165, 1.54) is 12.1 Å². The van der Waals surface area contributed by atoms with E-state index in [-0.39, 0.29) is 28.5 Å². The quantitative estimate of drug-likeness (QED) is 0.226. The first-order valence-electron chi connectivity index (χ1n) is 10.3. The average molecular weight is 493 g/mol. The summed E-state index contributed by atoms with van der Waals surface area (Å²) < 4.78 is 5.51. The fourth-order valence-electron chi connectivity index (χ4n) is 3.45. The number of H-pyrrole nitrogens is 1. The SMILES string of the molecule is O=C(Cc1n[nH]c(=O)c2ccccc12)OC(C(=O)Nc1ccc(Cl)c([N+](=O)[O-])c1)c1ccccc1. The maximum atomic E-state index is 13.1. The van der Waals surface area contributed by atoms with Gasteiger partial charge >= 0.3 is 5.97 Å². The van der Waals surface area contributed by atoms with E-state index in [1.54, 1.807) is 54.6 Å². The minimum atomic E-state index is -1.35. The third-order valence-corrected chi connectivity index (χ3v) is 5.41. The van der Waals surface area contributed by atoms with Crippen molar-refractivity contribution in [3.05, 3.63) is 110 Å². The highest BCUT2D eigenvalue weighted by Gasteiger charge is 2.26. The van der Waals surface area contributed by atoms with Crippen LogP contribution in [0.1, 0.15) is 17.4 Å². The van der Waals surface area contributed by atoms with Crippen LogP contribution in [0.4, 0.5) is 11.4 Å². The summed E-state index contributed by atoms with van der Waals surface area (Å²) in [5.41, 5.74) is 0.00767. The minimum Gasteiger partial charge on any atom is -0.447 e. The molecule has 11 heteroatoms. The number of ether oxygens (including phenoxy) is 1. The van der Waals surface area contributed by atoms with Gasteiger partial charge in [-0.05, 0) is 18.2 Å². The van der Waals surface area contributed by atoms with Crippen molar-refractivity contribution in [2.75, 3.05) is 5.32 Å². The Balaban J connectivity index is 1.58. The molecule has 1 heterocycles. The molecule has 35 heavy (non-hydrogen) atoms. The van der Waals surface area contributed by atoms with E-state index in [4.69, 9.17) is 16.3 Å². The number of hydrogen-bond donors (Lipinski definition) is 2. The van der Waals surface area contributed by atoms with Crippen molar-refractivity contribution in [2.45, 2.75) is 12.5 Å². The molecule has 0 aliphatic rings. The van der Waals surface area contributed by atoms with Crippen LogP contribution in [0.5, 0.6) is 0 Å². The summed E-state index contributed by atoms with van der Waals surface area (Å²) in [7, 11) is 0. The number of carbonyl (C=O) groups excluding carboxylic acids is 2. The van der Waals surface area contributed by atoms with Gasteiger partial charge in [0.25, 0.3) is 17.2 Å². The molecular weight excluding hydrogens is 476 g/mol. The zero-order valence-corrected chi connectivity index (χ0v) is 18.7. The summed E-state index contributed by atoms with van der Waals surface area (Å²) in [5.74, 6) is -1.48. The third-order valence-electron chi connectivity index (χ3n) is 5.09. The number of nitrogens with one attached hydrogen (secondary N) is 2. The Labute approximate surface area is 202 Å². The molecule has 4 aromatic rings. The van der Waals surface area contributed by atoms with Gasteiger partial charge in [0.05, 0.1) is 22.4 Å². The van der Waals surface area contributed by atoms with Crippen LogP contribution in [0, 0.1) is 10.1 Å². The van der Waals surface area contributed by atoms with Gasteiger partial charge < -0.3 is 10.1 Å². The Kier molecular flexibility index (Phi) is 6.83. The number of nitrogens with zero attached hydrogens (tertiary/aromatic N) is 2. The first kappa shape index (κ1) is 23.6. The molecule has 0 fully saturated rings. The van der Waals surface area contributed by atoms with Gasteiger partial charge in [0.15, 0.2) is 0 Å². The molecule has 176 valence electrons. The number of amides is 1. The van der Waals surface area contributed by atoms with Crippen molar-refractivity contribution in [1.29, 1.82) is 0 Å².